The van der Waals surface area contributed by atoms with Gasteiger partial charge < -0.3 is 19.7 Å². The highest BCUT2D eigenvalue weighted by Crippen LogP contribution is 2.27. The van der Waals surface area contributed by atoms with E-state index in [4.69, 9.17) is 9.47 Å². The Morgan fingerprint density at radius 3 is 2.38 bits per heavy atom. The summed E-state index contributed by atoms with van der Waals surface area (Å²) in [5.41, 5.74) is 1.92. The second-order valence-corrected chi connectivity index (χ2v) is 6.01. The van der Waals surface area contributed by atoms with E-state index >= 15 is 0 Å². The first-order valence-electron chi connectivity index (χ1n) is 8.43. The third kappa shape index (κ3) is 4.88. The Morgan fingerprint density at radius 2 is 1.77 bits per heavy atom. The molecule has 0 heterocycles. The number of methoxy groups -OCH3 is 2. The topological polar surface area (TPSA) is 50.8 Å². The van der Waals surface area contributed by atoms with Crippen molar-refractivity contribution in [2.75, 3.05) is 27.8 Å². The van der Waals surface area contributed by atoms with Crippen LogP contribution < -0.4 is 14.8 Å². The van der Waals surface area contributed by atoms with Crippen LogP contribution in [0, 0.1) is 5.82 Å². The van der Waals surface area contributed by atoms with Gasteiger partial charge in [0.2, 0.25) is 0 Å². The summed E-state index contributed by atoms with van der Waals surface area (Å²) in [5, 5.41) is 2.90. The van der Waals surface area contributed by atoms with Crippen molar-refractivity contribution in [1.82, 2.24) is 10.2 Å². The molecule has 0 aliphatic heterocycles. The molecule has 0 spiro atoms. The number of nitrogens with one attached hydrogen (secondary N) is 1. The molecule has 0 aliphatic rings. The predicted octanol–water partition coefficient (Wildman–Crippen LogP) is 3.79. The molecule has 1 unspecified atom stereocenters. The predicted molar refractivity (Wildman–Crippen MR) is 99.2 cm³/mol. The van der Waals surface area contributed by atoms with Gasteiger partial charge in [-0.25, -0.2) is 9.18 Å². The number of hydrogen-bond donors (Lipinski definition) is 1. The van der Waals surface area contributed by atoms with Crippen LogP contribution in [0.1, 0.15) is 24.1 Å². The molecule has 1 atom stereocenters. The van der Waals surface area contributed by atoms with Crippen molar-refractivity contribution in [3.05, 3.63) is 59.4 Å². The molecule has 2 amide bonds. The Balaban J connectivity index is 1.88. The van der Waals surface area contributed by atoms with Gasteiger partial charge in [0, 0.05) is 13.6 Å². The molecule has 26 heavy (non-hydrogen) atoms. The molecule has 0 aliphatic carbocycles. The van der Waals surface area contributed by atoms with E-state index in [0.717, 1.165) is 11.1 Å². The number of ether oxygens (including phenoxy) is 2. The molecule has 0 bridgehead atoms. The molecular weight excluding hydrogens is 335 g/mol. The van der Waals surface area contributed by atoms with E-state index in [1.807, 2.05) is 25.1 Å². The Morgan fingerprint density at radius 1 is 1.12 bits per heavy atom. The summed E-state index contributed by atoms with van der Waals surface area (Å²) in [4.78, 5) is 13.9. The van der Waals surface area contributed by atoms with Gasteiger partial charge in [0.1, 0.15) is 5.82 Å². The monoisotopic (exact) mass is 360 g/mol. The minimum Gasteiger partial charge on any atom is -0.493 e. The number of benzene rings is 2. The third-order valence-electron chi connectivity index (χ3n) is 4.39. The van der Waals surface area contributed by atoms with Crippen molar-refractivity contribution in [2.24, 2.45) is 0 Å². The summed E-state index contributed by atoms with van der Waals surface area (Å²) < 4.78 is 23.5. The first kappa shape index (κ1) is 19.6. The zero-order valence-corrected chi connectivity index (χ0v) is 15.6. The van der Waals surface area contributed by atoms with Crippen molar-refractivity contribution in [3.63, 3.8) is 0 Å². The van der Waals surface area contributed by atoms with Crippen LogP contribution in [0.25, 0.3) is 0 Å². The fraction of sp³-hybridized carbons (Fsp3) is 0.350. The van der Waals surface area contributed by atoms with Crippen molar-refractivity contribution < 1.29 is 18.7 Å². The van der Waals surface area contributed by atoms with Crippen molar-refractivity contribution >= 4 is 6.03 Å². The van der Waals surface area contributed by atoms with Crippen LogP contribution in [0.3, 0.4) is 0 Å². The van der Waals surface area contributed by atoms with Gasteiger partial charge in [-0.05, 0) is 48.7 Å². The molecule has 1 N–H and O–H groups in total. The van der Waals surface area contributed by atoms with E-state index < -0.39 is 0 Å². The van der Waals surface area contributed by atoms with E-state index in [2.05, 4.69) is 5.32 Å². The number of hydrogen-bond acceptors (Lipinski definition) is 3. The Kier molecular flexibility index (Phi) is 6.83. The molecule has 2 aromatic rings. The summed E-state index contributed by atoms with van der Waals surface area (Å²) in [5.74, 6) is 1.05. The van der Waals surface area contributed by atoms with Crippen LogP contribution in [-0.4, -0.2) is 38.7 Å². The summed E-state index contributed by atoms with van der Waals surface area (Å²) in [7, 11) is 4.91. The minimum atomic E-state index is -0.289. The molecule has 2 aromatic carbocycles. The summed E-state index contributed by atoms with van der Waals surface area (Å²) in [6.45, 7) is 2.40. The lowest BCUT2D eigenvalue weighted by Crippen LogP contribution is -2.39. The van der Waals surface area contributed by atoms with Gasteiger partial charge in [0.05, 0.1) is 20.3 Å². The maximum Gasteiger partial charge on any atom is 0.317 e. The van der Waals surface area contributed by atoms with E-state index in [1.54, 1.807) is 38.3 Å². The SMILES string of the molecule is COc1ccc(CCNC(=O)N(C)C(C)c2ccc(F)cc2)cc1OC. The standard InChI is InChI=1S/C20H25FN2O3/c1-14(16-6-8-17(21)9-7-16)23(2)20(24)22-12-11-15-5-10-18(25-3)19(13-15)26-4/h5-10,13-14H,11-12H2,1-4H3,(H,22,24). The zero-order chi connectivity index (χ0) is 19.1. The maximum atomic E-state index is 13.0. The van der Waals surface area contributed by atoms with Gasteiger partial charge in [0.25, 0.3) is 0 Å². The number of rotatable bonds is 7. The second-order valence-electron chi connectivity index (χ2n) is 6.01. The van der Waals surface area contributed by atoms with E-state index in [9.17, 15) is 9.18 Å². The molecular formula is C20H25FN2O3. The second kappa shape index (κ2) is 9.08. The van der Waals surface area contributed by atoms with E-state index in [1.165, 1.54) is 12.1 Å². The van der Waals surface area contributed by atoms with Crippen LogP contribution in [0.15, 0.2) is 42.5 Å². The fourth-order valence-corrected chi connectivity index (χ4v) is 2.62. The maximum absolute atomic E-state index is 13.0. The fourth-order valence-electron chi connectivity index (χ4n) is 2.62. The Hall–Kier alpha value is -2.76. The Bertz CT molecular complexity index is 734. The molecule has 5 nitrogen and oxygen atoms in total. The van der Waals surface area contributed by atoms with Gasteiger partial charge >= 0.3 is 6.03 Å². The summed E-state index contributed by atoms with van der Waals surface area (Å²) in [6, 6.07) is 11.5. The molecule has 0 aromatic heterocycles. The highest BCUT2D eigenvalue weighted by Gasteiger charge is 2.17. The molecule has 0 saturated carbocycles. The number of urea groups is 1. The lowest BCUT2D eigenvalue weighted by Gasteiger charge is -2.25. The highest BCUT2D eigenvalue weighted by molar-refractivity contribution is 5.74. The molecule has 0 radical (unpaired) electrons. The van der Waals surface area contributed by atoms with E-state index in [-0.39, 0.29) is 17.9 Å². The highest BCUT2D eigenvalue weighted by atomic mass is 19.1. The lowest BCUT2D eigenvalue weighted by molar-refractivity contribution is 0.194. The Labute approximate surface area is 153 Å². The normalized spacial score (nSPS) is 11.6. The largest absolute Gasteiger partial charge is 0.493 e. The molecule has 140 valence electrons. The first-order valence-corrected chi connectivity index (χ1v) is 8.43. The van der Waals surface area contributed by atoms with Gasteiger partial charge in [-0.1, -0.05) is 18.2 Å². The smallest absolute Gasteiger partial charge is 0.317 e. The summed E-state index contributed by atoms with van der Waals surface area (Å²) >= 11 is 0. The van der Waals surface area contributed by atoms with Crippen molar-refractivity contribution in [1.29, 1.82) is 0 Å². The van der Waals surface area contributed by atoms with Gasteiger partial charge in [-0.2, -0.15) is 0 Å². The number of carbonyl (C=O) groups excluding carboxylic acids is 1. The van der Waals surface area contributed by atoms with Gasteiger partial charge in [-0.3, -0.25) is 0 Å². The van der Waals surface area contributed by atoms with Crippen LogP contribution in [0.5, 0.6) is 11.5 Å². The molecule has 6 heteroatoms. The number of nitrogens with zero attached hydrogens (tertiary/aromatic N) is 1. The van der Waals surface area contributed by atoms with Crippen molar-refractivity contribution in [3.8, 4) is 11.5 Å². The van der Waals surface area contributed by atoms with E-state index in [0.29, 0.717) is 24.5 Å². The van der Waals surface area contributed by atoms with Crippen LogP contribution >= 0.6 is 0 Å². The van der Waals surface area contributed by atoms with Crippen LogP contribution in [0.2, 0.25) is 0 Å². The summed E-state index contributed by atoms with van der Waals surface area (Å²) in [6.07, 6.45) is 0.671. The van der Waals surface area contributed by atoms with Gasteiger partial charge in [0.15, 0.2) is 11.5 Å². The average molecular weight is 360 g/mol. The first-order chi connectivity index (χ1) is 12.5. The van der Waals surface area contributed by atoms with Gasteiger partial charge in [-0.15, -0.1) is 0 Å². The van der Waals surface area contributed by atoms with Crippen LogP contribution in [-0.2, 0) is 6.42 Å². The molecule has 2 rings (SSSR count). The zero-order valence-electron chi connectivity index (χ0n) is 15.6. The molecule has 0 fully saturated rings. The van der Waals surface area contributed by atoms with Crippen molar-refractivity contribution in [2.45, 2.75) is 19.4 Å². The number of halogens is 1. The quantitative estimate of drug-likeness (QED) is 0.817. The number of amides is 2. The minimum absolute atomic E-state index is 0.156. The lowest BCUT2D eigenvalue weighted by atomic mass is 10.1. The number of carbonyl (C=O) groups is 1. The molecule has 0 saturated heterocycles. The van der Waals surface area contributed by atoms with Crippen LogP contribution in [0.4, 0.5) is 9.18 Å². The third-order valence-corrected chi connectivity index (χ3v) is 4.39. The average Bonchev–Trinajstić information content (AvgIpc) is 2.67.